The normalized spacial score (nSPS) is 21.0. The molecule has 2 aliphatic rings. The van der Waals surface area contributed by atoms with E-state index in [-0.39, 0.29) is 41.0 Å². The lowest BCUT2D eigenvalue weighted by Gasteiger charge is -2.25. The molecule has 14 heteroatoms. The lowest BCUT2D eigenvalue weighted by molar-refractivity contribution is -0.149. The summed E-state index contributed by atoms with van der Waals surface area (Å²) >= 11 is 0. The first-order valence-corrected chi connectivity index (χ1v) is 20.2. The summed E-state index contributed by atoms with van der Waals surface area (Å²) in [6.07, 6.45) is 7.37. The smallest absolute Gasteiger partial charge is 0.326 e. The van der Waals surface area contributed by atoms with Gasteiger partial charge in [0, 0.05) is 60.3 Å². The van der Waals surface area contributed by atoms with Crippen LogP contribution in [0, 0.1) is 11.8 Å². The number of likely N-dealkylation sites (tertiary alicyclic amines) is 2. The second-order valence-corrected chi connectivity index (χ2v) is 16.8. The zero-order chi connectivity index (χ0) is 32.6. The van der Waals surface area contributed by atoms with E-state index in [1.807, 2.05) is 20.8 Å². The number of aliphatic carboxylic acids is 2. The van der Waals surface area contributed by atoms with Crippen LogP contribution in [-0.2, 0) is 28.7 Å². The summed E-state index contributed by atoms with van der Waals surface area (Å²) in [6, 6.07) is -1.46. The minimum Gasteiger partial charge on any atom is -0.480 e. The maximum Gasteiger partial charge on any atom is 0.326 e. The predicted molar refractivity (Wildman–Crippen MR) is 181 cm³/mol. The van der Waals surface area contributed by atoms with Crippen LogP contribution in [0.4, 0.5) is 0 Å². The quantitative estimate of drug-likeness (QED) is 0.0669. The zero-order valence-corrected chi connectivity index (χ0v) is 29.3. The summed E-state index contributed by atoms with van der Waals surface area (Å²) in [5.74, 6) is -0.949. The lowest BCUT2D eigenvalue weighted by atomic mass is 10.1. The van der Waals surface area contributed by atoms with E-state index in [1.165, 1.54) is 9.80 Å². The standard InChI is InChI=1S/C30H48N2O8S4/c1-5-10-22(4)40-26(33)14-7-6-11-23(44-43-18-21(3)28(35)32-16-9-13-25(32)30(38)39)19-42-41-17-20(2)27(34)31-15-8-12-24(31)29(36)37/h5,20-25H,1,6-19H2,2-4H3,(H,36,37)(H,38,39). The van der Waals surface area contributed by atoms with Gasteiger partial charge in [0.25, 0.3) is 0 Å². The highest BCUT2D eigenvalue weighted by atomic mass is 33.1. The van der Waals surface area contributed by atoms with E-state index in [0.717, 1.165) is 18.6 Å². The average molecular weight is 693 g/mol. The van der Waals surface area contributed by atoms with Crippen LogP contribution >= 0.6 is 43.2 Å². The first kappa shape index (κ1) is 38.7. The molecule has 2 rings (SSSR count). The number of nitrogens with zero attached hydrogens (tertiary/aromatic N) is 2. The molecule has 0 bridgehead atoms. The van der Waals surface area contributed by atoms with Crippen molar-refractivity contribution in [3.63, 3.8) is 0 Å². The van der Waals surface area contributed by atoms with Crippen molar-refractivity contribution in [1.82, 2.24) is 9.80 Å². The molecular formula is C30H48N2O8S4. The van der Waals surface area contributed by atoms with E-state index >= 15 is 0 Å². The SMILES string of the molecule is C=CCC(C)OC(=O)CCCCC(CSSCC(C)C(=O)N1CCCC1C(=O)O)SSCC(C)C(=O)N1CCCC1C(=O)O. The Hall–Kier alpha value is -1.51. The minimum absolute atomic E-state index is 0.111. The number of hydrogen-bond acceptors (Lipinski definition) is 10. The molecule has 2 amide bonds. The Bertz CT molecular complexity index is 987. The maximum absolute atomic E-state index is 12.9. The zero-order valence-electron chi connectivity index (χ0n) is 26.0. The Morgan fingerprint density at radius 2 is 1.36 bits per heavy atom. The van der Waals surface area contributed by atoms with Crippen LogP contribution < -0.4 is 0 Å². The molecule has 0 radical (unpaired) electrons. The summed E-state index contributed by atoms with van der Waals surface area (Å²) in [5.41, 5.74) is 0. The van der Waals surface area contributed by atoms with Gasteiger partial charge in [0.2, 0.25) is 11.8 Å². The summed E-state index contributed by atoms with van der Waals surface area (Å²) < 4.78 is 5.39. The Morgan fingerprint density at radius 1 is 0.841 bits per heavy atom. The van der Waals surface area contributed by atoms with Gasteiger partial charge in [-0.1, -0.05) is 69.5 Å². The van der Waals surface area contributed by atoms with Crippen LogP contribution in [0.15, 0.2) is 12.7 Å². The summed E-state index contributed by atoms with van der Waals surface area (Å²) in [7, 11) is 6.61. The van der Waals surface area contributed by atoms with Crippen molar-refractivity contribution >= 4 is 72.9 Å². The van der Waals surface area contributed by atoms with E-state index in [1.54, 1.807) is 49.3 Å². The van der Waals surface area contributed by atoms with Gasteiger partial charge in [-0.15, -0.1) is 6.58 Å². The predicted octanol–water partition coefficient (Wildman–Crippen LogP) is 5.61. The van der Waals surface area contributed by atoms with E-state index in [4.69, 9.17) is 4.74 Å². The van der Waals surface area contributed by atoms with Crippen molar-refractivity contribution in [2.75, 3.05) is 30.3 Å². The third kappa shape index (κ3) is 13.1. The Morgan fingerprint density at radius 3 is 1.89 bits per heavy atom. The number of hydrogen-bond donors (Lipinski definition) is 2. The highest BCUT2D eigenvalue weighted by Gasteiger charge is 2.37. The number of ether oxygens (including phenoxy) is 1. The number of carbonyl (C=O) groups is 5. The van der Waals surface area contributed by atoms with Crippen LogP contribution in [0.5, 0.6) is 0 Å². The molecule has 2 fully saturated rings. The molecule has 0 aromatic carbocycles. The van der Waals surface area contributed by atoms with Gasteiger partial charge in [-0.3, -0.25) is 14.4 Å². The molecule has 0 aromatic rings. The fourth-order valence-corrected chi connectivity index (χ4v) is 11.5. The third-order valence-electron chi connectivity index (χ3n) is 7.65. The number of unbranched alkanes of at least 4 members (excludes halogenated alkanes) is 1. The van der Waals surface area contributed by atoms with E-state index in [0.29, 0.717) is 69.5 Å². The number of esters is 1. The fourth-order valence-electron chi connectivity index (χ4n) is 5.16. The molecule has 2 heterocycles. The molecule has 2 saturated heterocycles. The van der Waals surface area contributed by atoms with Gasteiger partial charge in [0.05, 0.1) is 0 Å². The molecule has 0 aromatic heterocycles. The second-order valence-electron chi connectivity index (χ2n) is 11.5. The van der Waals surface area contributed by atoms with Crippen molar-refractivity contribution in [2.24, 2.45) is 11.8 Å². The molecular weight excluding hydrogens is 645 g/mol. The highest BCUT2D eigenvalue weighted by molar-refractivity contribution is 8.78. The van der Waals surface area contributed by atoms with Gasteiger partial charge in [-0.25, -0.2) is 9.59 Å². The average Bonchev–Trinajstić information content (AvgIpc) is 3.67. The van der Waals surface area contributed by atoms with Gasteiger partial charge in [-0.05, 0) is 45.4 Å². The van der Waals surface area contributed by atoms with Crippen LogP contribution in [-0.4, -0.2) is 104 Å². The fraction of sp³-hybridized carbons (Fsp3) is 0.767. The number of carboxylic acids is 2. The van der Waals surface area contributed by atoms with Crippen molar-refractivity contribution in [3.05, 3.63) is 12.7 Å². The molecule has 250 valence electrons. The van der Waals surface area contributed by atoms with Gasteiger partial charge in [0.15, 0.2) is 0 Å². The van der Waals surface area contributed by atoms with Crippen molar-refractivity contribution in [3.8, 4) is 0 Å². The number of carbonyl (C=O) groups excluding carboxylic acids is 3. The first-order valence-electron chi connectivity index (χ1n) is 15.4. The molecule has 6 atom stereocenters. The van der Waals surface area contributed by atoms with Crippen LogP contribution in [0.1, 0.15) is 78.6 Å². The molecule has 10 nitrogen and oxygen atoms in total. The van der Waals surface area contributed by atoms with Crippen LogP contribution in [0.25, 0.3) is 0 Å². The number of rotatable bonds is 21. The highest BCUT2D eigenvalue weighted by Crippen LogP contribution is 2.37. The maximum atomic E-state index is 12.9. The molecule has 0 aliphatic carbocycles. The Labute approximate surface area is 277 Å². The van der Waals surface area contributed by atoms with Crippen molar-refractivity contribution in [2.45, 2.75) is 102 Å². The molecule has 44 heavy (non-hydrogen) atoms. The van der Waals surface area contributed by atoms with Gasteiger partial charge in [0.1, 0.15) is 18.2 Å². The number of carboxylic acid groups (broad SMARTS) is 2. The minimum atomic E-state index is -0.947. The number of amides is 2. The third-order valence-corrected chi connectivity index (χ3v) is 13.6. The van der Waals surface area contributed by atoms with Crippen LogP contribution in [0.2, 0.25) is 0 Å². The van der Waals surface area contributed by atoms with Gasteiger partial charge >= 0.3 is 17.9 Å². The largest absolute Gasteiger partial charge is 0.480 e. The monoisotopic (exact) mass is 692 g/mol. The summed E-state index contributed by atoms with van der Waals surface area (Å²) in [4.78, 5) is 63.9. The van der Waals surface area contributed by atoms with Crippen LogP contribution in [0.3, 0.4) is 0 Å². The first-order chi connectivity index (χ1) is 21.0. The van der Waals surface area contributed by atoms with E-state index in [2.05, 4.69) is 6.58 Å². The van der Waals surface area contributed by atoms with E-state index in [9.17, 15) is 34.2 Å². The Balaban J connectivity index is 1.83. The molecule has 2 N–H and O–H groups in total. The molecule has 0 spiro atoms. The van der Waals surface area contributed by atoms with Gasteiger partial charge < -0.3 is 24.7 Å². The van der Waals surface area contributed by atoms with Gasteiger partial charge in [-0.2, -0.15) is 0 Å². The van der Waals surface area contributed by atoms with Crippen molar-refractivity contribution in [1.29, 1.82) is 0 Å². The van der Waals surface area contributed by atoms with E-state index < -0.39 is 24.0 Å². The molecule has 0 saturated carbocycles. The molecule has 2 aliphatic heterocycles. The Kier molecular flexibility index (Phi) is 18.1. The van der Waals surface area contributed by atoms with Crippen molar-refractivity contribution < 1.29 is 38.9 Å². The summed E-state index contributed by atoms with van der Waals surface area (Å²) in [5, 5.41) is 19.1. The topological polar surface area (TPSA) is 142 Å². The molecule has 6 unspecified atom stereocenters. The summed E-state index contributed by atoms with van der Waals surface area (Å²) in [6.45, 7) is 10.2. The lowest BCUT2D eigenvalue weighted by Crippen LogP contribution is -2.43. The second kappa shape index (κ2) is 20.6.